The number of para-hydroxylation sites is 2. The molecule has 186 valence electrons. The number of carbonyl (C=O) groups excluding carboxylic acids is 2. The SMILES string of the molecule is COc1ccc(CCNC(=O)[C@H](CCSC)NC(=O)N2CCn3c2nc2ccccc23)cc1OC. The lowest BCUT2D eigenvalue weighted by molar-refractivity contribution is -0.122. The molecular formula is C25H31N5O4S. The average Bonchev–Trinajstić information content (AvgIpc) is 3.45. The quantitative estimate of drug-likeness (QED) is 0.447. The van der Waals surface area contributed by atoms with Crippen molar-refractivity contribution in [1.29, 1.82) is 0 Å². The van der Waals surface area contributed by atoms with Crippen molar-refractivity contribution in [2.75, 3.05) is 44.2 Å². The lowest BCUT2D eigenvalue weighted by Crippen LogP contribution is -2.51. The van der Waals surface area contributed by atoms with Crippen molar-refractivity contribution in [3.05, 3.63) is 48.0 Å². The van der Waals surface area contributed by atoms with Crippen LogP contribution in [-0.4, -0.2) is 66.8 Å². The van der Waals surface area contributed by atoms with E-state index in [1.807, 2.05) is 53.3 Å². The Hall–Kier alpha value is -3.40. The lowest BCUT2D eigenvalue weighted by atomic mass is 10.1. The van der Waals surface area contributed by atoms with E-state index < -0.39 is 6.04 Å². The second-order valence-electron chi connectivity index (χ2n) is 8.22. The summed E-state index contributed by atoms with van der Waals surface area (Å²) in [7, 11) is 3.19. The summed E-state index contributed by atoms with van der Waals surface area (Å²) in [6.45, 7) is 1.64. The lowest BCUT2D eigenvalue weighted by Gasteiger charge is -2.22. The van der Waals surface area contributed by atoms with Crippen LogP contribution >= 0.6 is 11.8 Å². The van der Waals surface area contributed by atoms with Crippen LogP contribution in [0.2, 0.25) is 0 Å². The Bertz CT molecular complexity index is 1200. The van der Waals surface area contributed by atoms with Crippen LogP contribution in [0.1, 0.15) is 12.0 Å². The number of carbonyl (C=O) groups is 2. The first-order valence-corrected chi connectivity index (χ1v) is 13.0. The number of thioether (sulfide) groups is 1. The number of imidazole rings is 1. The number of anilines is 1. The summed E-state index contributed by atoms with van der Waals surface area (Å²) in [6, 6.07) is 12.6. The highest BCUT2D eigenvalue weighted by Crippen LogP contribution is 2.28. The molecular weight excluding hydrogens is 466 g/mol. The molecule has 0 unspecified atom stereocenters. The summed E-state index contributed by atoms with van der Waals surface area (Å²) in [4.78, 5) is 32.4. The molecule has 0 saturated heterocycles. The van der Waals surface area contributed by atoms with Gasteiger partial charge in [-0.2, -0.15) is 11.8 Å². The van der Waals surface area contributed by atoms with Gasteiger partial charge in [0.25, 0.3) is 0 Å². The van der Waals surface area contributed by atoms with E-state index in [-0.39, 0.29) is 11.9 Å². The van der Waals surface area contributed by atoms with E-state index in [0.717, 1.165) is 22.3 Å². The largest absolute Gasteiger partial charge is 0.493 e. The summed E-state index contributed by atoms with van der Waals surface area (Å²) >= 11 is 1.64. The molecule has 2 heterocycles. The summed E-state index contributed by atoms with van der Waals surface area (Å²) in [5.41, 5.74) is 2.88. The topological polar surface area (TPSA) is 97.7 Å². The first-order valence-electron chi connectivity index (χ1n) is 11.6. The van der Waals surface area contributed by atoms with Crippen molar-refractivity contribution in [1.82, 2.24) is 20.2 Å². The molecule has 4 rings (SSSR count). The van der Waals surface area contributed by atoms with Crippen LogP contribution in [0, 0.1) is 0 Å². The molecule has 2 aromatic carbocycles. The van der Waals surface area contributed by atoms with Crippen molar-refractivity contribution < 1.29 is 19.1 Å². The molecule has 0 spiro atoms. The molecule has 0 fully saturated rings. The van der Waals surface area contributed by atoms with Crippen molar-refractivity contribution >= 4 is 40.7 Å². The molecule has 10 heteroatoms. The number of benzene rings is 2. The monoisotopic (exact) mass is 497 g/mol. The zero-order chi connectivity index (χ0) is 24.8. The number of urea groups is 1. The molecule has 0 aliphatic carbocycles. The molecule has 3 aromatic rings. The smallest absolute Gasteiger partial charge is 0.324 e. The number of hydrogen-bond acceptors (Lipinski definition) is 6. The van der Waals surface area contributed by atoms with Gasteiger partial charge in [0.05, 0.1) is 25.3 Å². The van der Waals surface area contributed by atoms with Crippen LogP contribution in [0.25, 0.3) is 11.0 Å². The van der Waals surface area contributed by atoms with Gasteiger partial charge in [-0.25, -0.2) is 9.78 Å². The molecule has 1 atom stereocenters. The Kier molecular flexibility index (Phi) is 8.02. The van der Waals surface area contributed by atoms with Crippen LogP contribution in [0.3, 0.4) is 0 Å². The molecule has 35 heavy (non-hydrogen) atoms. The zero-order valence-electron chi connectivity index (χ0n) is 20.2. The van der Waals surface area contributed by atoms with E-state index in [9.17, 15) is 9.59 Å². The minimum absolute atomic E-state index is 0.194. The molecule has 2 N–H and O–H groups in total. The molecule has 0 saturated carbocycles. The van der Waals surface area contributed by atoms with Gasteiger partial charge in [0.15, 0.2) is 11.5 Å². The van der Waals surface area contributed by atoms with E-state index in [2.05, 4.69) is 15.6 Å². The third kappa shape index (κ3) is 5.48. The highest BCUT2D eigenvalue weighted by molar-refractivity contribution is 7.98. The normalized spacial score (nSPS) is 13.4. The van der Waals surface area contributed by atoms with Crippen LogP contribution < -0.4 is 25.0 Å². The summed E-state index contributed by atoms with van der Waals surface area (Å²) in [6.07, 6.45) is 3.15. The Labute approximate surface area is 209 Å². The number of hydrogen-bond donors (Lipinski definition) is 2. The van der Waals surface area contributed by atoms with E-state index in [1.54, 1.807) is 30.9 Å². The van der Waals surface area contributed by atoms with Crippen molar-refractivity contribution in [3.63, 3.8) is 0 Å². The van der Waals surface area contributed by atoms with E-state index in [4.69, 9.17) is 9.47 Å². The molecule has 0 bridgehead atoms. The minimum atomic E-state index is -0.626. The third-order valence-electron chi connectivity index (χ3n) is 6.05. The van der Waals surface area contributed by atoms with E-state index in [0.29, 0.717) is 49.9 Å². The number of nitrogens with one attached hydrogen (secondary N) is 2. The van der Waals surface area contributed by atoms with Crippen molar-refractivity contribution in [2.24, 2.45) is 0 Å². The molecule has 9 nitrogen and oxygen atoms in total. The second-order valence-corrected chi connectivity index (χ2v) is 9.20. The van der Waals surface area contributed by atoms with Crippen LogP contribution in [0.5, 0.6) is 11.5 Å². The van der Waals surface area contributed by atoms with Gasteiger partial charge in [0.1, 0.15) is 6.04 Å². The second kappa shape index (κ2) is 11.4. The van der Waals surface area contributed by atoms with Crippen LogP contribution in [0.4, 0.5) is 10.7 Å². The number of amides is 3. The number of rotatable bonds is 10. The van der Waals surface area contributed by atoms with E-state index in [1.165, 1.54) is 0 Å². The Morgan fingerprint density at radius 2 is 1.91 bits per heavy atom. The van der Waals surface area contributed by atoms with Gasteiger partial charge < -0.3 is 24.7 Å². The maximum atomic E-state index is 13.1. The molecule has 3 amide bonds. The number of methoxy groups -OCH3 is 2. The third-order valence-corrected chi connectivity index (χ3v) is 6.70. The van der Waals surface area contributed by atoms with Crippen molar-refractivity contribution in [3.8, 4) is 11.5 Å². The fraction of sp³-hybridized carbons (Fsp3) is 0.400. The molecule has 1 aromatic heterocycles. The average molecular weight is 498 g/mol. The zero-order valence-corrected chi connectivity index (χ0v) is 21.1. The Morgan fingerprint density at radius 3 is 2.69 bits per heavy atom. The van der Waals surface area contributed by atoms with Gasteiger partial charge in [0.2, 0.25) is 11.9 Å². The predicted octanol–water partition coefficient (Wildman–Crippen LogP) is 3.06. The maximum absolute atomic E-state index is 13.1. The van der Waals surface area contributed by atoms with Crippen LogP contribution in [-0.2, 0) is 17.8 Å². The fourth-order valence-corrected chi connectivity index (χ4v) is 4.67. The van der Waals surface area contributed by atoms with Gasteiger partial charge in [-0.15, -0.1) is 0 Å². The van der Waals surface area contributed by atoms with Gasteiger partial charge in [0, 0.05) is 19.6 Å². The first-order chi connectivity index (χ1) is 17.0. The van der Waals surface area contributed by atoms with Gasteiger partial charge in [-0.1, -0.05) is 18.2 Å². The number of fused-ring (bicyclic) bond motifs is 3. The highest BCUT2D eigenvalue weighted by Gasteiger charge is 2.31. The predicted molar refractivity (Wildman–Crippen MR) is 139 cm³/mol. The molecule has 1 aliphatic heterocycles. The summed E-state index contributed by atoms with van der Waals surface area (Å²) in [5.74, 6) is 2.49. The number of ether oxygens (including phenoxy) is 2. The van der Waals surface area contributed by atoms with E-state index >= 15 is 0 Å². The molecule has 0 radical (unpaired) electrons. The van der Waals surface area contributed by atoms with Crippen molar-refractivity contribution in [2.45, 2.75) is 25.4 Å². The minimum Gasteiger partial charge on any atom is -0.493 e. The van der Waals surface area contributed by atoms with Gasteiger partial charge in [-0.3, -0.25) is 9.69 Å². The number of aromatic nitrogens is 2. The maximum Gasteiger partial charge on any atom is 0.324 e. The summed E-state index contributed by atoms with van der Waals surface area (Å²) in [5, 5.41) is 5.90. The highest BCUT2D eigenvalue weighted by atomic mass is 32.2. The first kappa shape index (κ1) is 24.7. The number of nitrogens with zero attached hydrogens (tertiary/aromatic N) is 3. The van der Waals surface area contributed by atoms with Gasteiger partial charge >= 0.3 is 6.03 Å². The Morgan fingerprint density at radius 1 is 1.11 bits per heavy atom. The summed E-state index contributed by atoms with van der Waals surface area (Å²) < 4.78 is 12.7. The fourth-order valence-electron chi connectivity index (χ4n) is 4.20. The van der Waals surface area contributed by atoms with Gasteiger partial charge in [-0.05, 0) is 54.7 Å². The molecule has 1 aliphatic rings. The Balaban J connectivity index is 1.37. The standard InChI is InChI=1S/C25H31N5O4S/c1-33-21-9-8-17(16-22(21)34-2)10-12-26-23(31)19(11-15-35-3)28-25(32)30-14-13-29-20-7-5-4-6-18(20)27-24(29)30/h4-9,16,19H,10-15H2,1-3H3,(H,26,31)(H,28,32)/t19-/m0/s1. The van der Waals surface area contributed by atoms with Crippen LogP contribution in [0.15, 0.2) is 42.5 Å².